The molecule has 0 atom stereocenters. The van der Waals surface area contributed by atoms with Crippen LogP contribution < -0.4 is 15.6 Å². The maximum atomic E-state index is 12.0. The van der Waals surface area contributed by atoms with Gasteiger partial charge in [-0.25, -0.2) is 18.1 Å². The number of aromatic nitrogens is 2. The topological polar surface area (TPSA) is 93.1 Å². The molecule has 1 saturated carbocycles. The van der Waals surface area contributed by atoms with E-state index in [1.165, 1.54) is 0 Å². The maximum absolute atomic E-state index is 12.0. The van der Waals surface area contributed by atoms with E-state index in [2.05, 4.69) is 15.0 Å². The number of rotatable bonds is 7. The van der Waals surface area contributed by atoms with Gasteiger partial charge in [0.1, 0.15) is 0 Å². The summed E-state index contributed by atoms with van der Waals surface area (Å²) in [5.41, 5.74) is -0.189. The number of hydrogen-bond donors (Lipinski definition) is 2. The van der Waals surface area contributed by atoms with Crippen molar-refractivity contribution < 1.29 is 8.42 Å². The number of anilines is 1. The quantitative estimate of drug-likeness (QED) is 0.732. The summed E-state index contributed by atoms with van der Waals surface area (Å²) in [5, 5.41) is 2.79. The number of sulfonamides is 1. The number of nitrogens with one attached hydrogen (secondary N) is 2. The normalized spacial score (nSPS) is 15.4. The van der Waals surface area contributed by atoms with Crippen molar-refractivity contribution in [3.05, 3.63) is 22.7 Å². The van der Waals surface area contributed by atoms with Crippen molar-refractivity contribution >= 4 is 15.8 Å². The largest absolute Gasteiger partial charge is 0.364 e. The number of nitrogens with zero attached hydrogens (tertiary/aromatic N) is 2. The zero-order valence-corrected chi connectivity index (χ0v) is 11.6. The summed E-state index contributed by atoms with van der Waals surface area (Å²) < 4.78 is 26.9. The Kier molecular flexibility index (Phi) is 4.20. The first-order valence-corrected chi connectivity index (χ1v) is 7.97. The molecule has 2 N–H and O–H groups in total. The Labute approximate surface area is 112 Å². The third-order valence-corrected chi connectivity index (χ3v) is 4.31. The molecular weight excluding hydrogens is 268 g/mol. The van der Waals surface area contributed by atoms with Crippen molar-refractivity contribution in [3.8, 4) is 0 Å². The van der Waals surface area contributed by atoms with E-state index in [4.69, 9.17) is 0 Å². The van der Waals surface area contributed by atoms with Crippen molar-refractivity contribution in [3.63, 3.8) is 0 Å². The summed E-state index contributed by atoms with van der Waals surface area (Å²) >= 11 is 0. The molecule has 1 aliphatic rings. The highest BCUT2D eigenvalue weighted by atomic mass is 32.2. The minimum Gasteiger partial charge on any atom is -0.364 e. The molecule has 19 heavy (non-hydrogen) atoms. The van der Waals surface area contributed by atoms with Gasteiger partial charge < -0.3 is 9.88 Å². The van der Waals surface area contributed by atoms with E-state index in [0.29, 0.717) is 6.54 Å². The lowest BCUT2D eigenvalue weighted by molar-refractivity contribution is 0.584. The van der Waals surface area contributed by atoms with Crippen molar-refractivity contribution in [2.24, 2.45) is 0 Å². The maximum Gasteiger partial charge on any atom is 0.293 e. The first kappa shape index (κ1) is 14.0. The lowest BCUT2D eigenvalue weighted by atomic mass is 10.5. The van der Waals surface area contributed by atoms with Gasteiger partial charge in [0, 0.05) is 31.5 Å². The van der Waals surface area contributed by atoms with Crippen LogP contribution >= 0.6 is 0 Å². The molecule has 0 amide bonds. The van der Waals surface area contributed by atoms with Crippen LogP contribution in [0.4, 0.5) is 5.82 Å². The molecule has 1 aromatic heterocycles. The molecule has 1 fully saturated rings. The zero-order chi connectivity index (χ0) is 13.9. The third-order valence-electron chi connectivity index (χ3n) is 2.84. The summed E-state index contributed by atoms with van der Waals surface area (Å²) in [7, 11) is -3.28. The average molecular weight is 286 g/mol. The van der Waals surface area contributed by atoms with Crippen molar-refractivity contribution in [1.29, 1.82) is 0 Å². The van der Waals surface area contributed by atoms with Gasteiger partial charge in [0.15, 0.2) is 5.82 Å². The van der Waals surface area contributed by atoms with Gasteiger partial charge in [-0.1, -0.05) is 6.92 Å². The van der Waals surface area contributed by atoms with Crippen LogP contribution in [0.2, 0.25) is 0 Å². The van der Waals surface area contributed by atoms with Crippen LogP contribution in [0.1, 0.15) is 25.8 Å². The van der Waals surface area contributed by atoms with E-state index in [0.717, 1.165) is 12.8 Å². The van der Waals surface area contributed by atoms with E-state index in [-0.39, 0.29) is 29.7 Å². The van der Waals surface area contributed by atoms with Crippen molar-refractivity contribution in [1.82, 2.24) is 14.3 Å². The van der Waals surface area contributed by atoms with Crippen LogP contribution in [0.5, 0.6) is 0 Å². The fraction of sp³-hybridized carbons (Fsp3) is 0.636. The van der Waals surface area contributed by atoms with Crippen molar-refractivity contribution in [2.45, 2.75) is 25.8 Å². The molecular formula is C11H18N4O3S. The molecule has 0 bridgehead atoms. The average Bonchev–Trinajstić information content (AvgIpc) is 3.15. The zero-order valence-electron chi connectivity index (χ0n) is 10.8. The van der Waals surface area contributed by atoms with Gasteiger partial charge in [-0.05, 0) is 12.8 Å². The van der Waals surface area contributed by atoms with Crippen LogP contribution in [0.25, 0.3) is 0 Å². The molecule has 1 heterocycles. The fourth-order valence-corrected chi connectivity index (χ4v) is 2.74. The Hall–Kier alpha value is -1.41. The second-order valence-electron chi connectivity index (χ2n) is 4.46. The molecule has 0 aromatic carbocycles. The van der Waals surface area contributed by atoms with Gasteiger partial charge in [0.25, 0.3) is 5.56 Å². The first-order chi connectivity index (χ1) is 9.03. The lowest BCUT2D eigenvalue weighted by Crippen LogP contribution is -2.31. The van der Waals surface area contributed by atoms with Gasteiger partial charge in [-0.3, -0.25) is 4.79 Å². The van der Waals surface area contributed by atoms with E-state index in [1.54, 1.807) is 23.9 Å². The van der Waals surface area contributed by atoms with Gasteiger partial charge in [-0.2, -0.15) is 0 Å². The van der Waals surface area contributed by atoms with E-state index in [1.807, 2.05) is 0 Å². The molecule has 1 aliphatic carbocycles. The third kappa shape index (κ3) is 3.77. The monoisotopic (exact) mass is 286 g/mol. The highest BCUT2D eigenvalue weighted by Crippen LogP contribution is 2.33. The molecule has 0 radical (unpaired) electrons. The Bertz CT molecular complexity index is 592. The predicted octanol–water partition coefficient (Wildman–Crippen LogP) is -0.0706. The molecule has 1 aromatic rings. The SMILES string of the molecule is CCNS(=O)(=O)CCNc1nccn(C2CC2)c1=O. The van der Waals surface area contributed by atoms with E-state index < -0.39 is 10.0 Å². The Morgan fingerprint density at radius 2 is 2.21 bits per heavy atom. The highest BCUT2D eigenvalue weighted by Gasteiger charge is 2.25. The molecule has 0 unspecified atom stereocenters. The van der Waals surface area contributed by atoms with Crippen LogP contribution in [0, 0.1) is 0 Å². The summed E-state index contributed by atoms with van der Waals surface area (Å²) in [6, 6.07) is 0.279. The summed E-state index contributed by atoms with van der Waals surface area (Å²) in [6.07, 6.45) is 5.25. The summed E-state index contributed by atoms with van der Waals surface area (Å²) in [6.45, 7) is 2.24. The fourth-order valence-electron chi connectivity index (χ4n) is 1.78. The molecule has 0 saturated heterocycles. The Morgan fingerprint density at radius 3 is 2.84 bits per heavy atom. The smallest absolute Gasteiger partial charge is 0.293 e. The van der Waals surface area contributed by atoms with E-state index in [9.17, 15) is 13.2 Å². The summed E-state index contributed by atoms with van der Waals surface area (Å²) in [5.74, 6) is 0.126. The molecule has 2 rings (SSSR count). The first-order valence-electron chi connectivity index (χ1n) is 6.32. The van der Waals surface area contributed by atoms with Crippen LogP contribution in [0.15, 0.2) is 17.2 Å². The molecule has 0 spiro atoms. The van der Waals surface area contributed by atoms with Crippen molar-refractivity contribution in [2.75, 3.05) is 24.2 Å². The predicted molar refractivity (Wildman–Crippen MR) is 72.7 cm³/mol. The Morgan fingerprint density at radius 1 is 1.47 bits per heavy atom. The Balaban J connectivity index is 1.97. The lowest BCUT2D eigenvalue weighted by Gasteiger charge is -2.08. The second-order valence-corrected chi connectivity index (χ2v) is 6.39. The van der Waals surface area contributed by atoms with Crippen LogP contribution in [-0.2, 0) is 10.0 Å². The highest BCUT2D eigenvalue weighted by molar-refractivity contribution is 7.89. The molecule has 0 aliphatic heterocycles. The van der Waals surface area contributed by atoms with Crippen LogP contribution in [-0.4, -0.2) is 36.8 Å². The van der Waals surface area contributed by atoms with Gasteiger partial charge in [0.2, 0.25) is 10.0 Å². The minimum atomic E-state index is -3.28. The van der Waals surface area contributed by atoms with E-state index >= 15 is 0 Å². The number of hydrogen-bond acceptors (Lipinski definition) is 5. The van der Waals surface area contributed by atoms with Gasteiger partial charge in [0.05, 0.1) is 5.75 Å². The minimum absolute atomic E-state index is 0.0831. The summed E-state index contributed by atoms with van der Waals surface area (Å²) in [4.78, 5) is 16.0. The second kappa shape index (κ2) is 5.70. The molecule has 7 nitrogen and oxygen atoms in total. The molecule has 106 valence electrons. The van der Waals surface area contributed by atoms with Crippen LogP contribution in [0.3, 0.4) is 0 Å². The molecule has 8 heteroatoms. The standard InChI is InChI=1S/C11H18N4O3S/c1-2-14-19(17,18)8-6-13-10-11(16)15(7-5-12-10)9-3-4-9/h5,7,9,14H,2-4,6,8H2,1H3,(H,12,13). The van der Waals surface area contributed by atoms with Gasteiger partial charge in [-0.15, -0.1) is 0 Å². The van der Waals surface area contributed by atoms with Gasteiger partial charge >= 0.3 is 0 Å².